The second kappa shape index (κ2) is 13.9. The molecule has 3 fully saturated rings. The number of piperidine rings is 2. The molecule has 234 valence electrons. The van der Waals surface area contributed by atoms with E-state index in [1.807, 2.05) is 4.90 Å². The van der Waals surface area contributed by atoms with Crippen molar-refractivity contribution in [3.63, 3.8) is 0 Å². The molecule has 1 N–H and O–H groups in total. The van der Waals surface area contributed by atoms with Crippen LogP contribution in [0.3, 0.4) is 0 Å². The molecule has 0 aromatic heterocycles. The van der Waals surface area contributed by atoms with Crippen molar-refractivity contribution in [1.82, 2.24) is 9.80 Å². The van der Waals surface area contributed by atoms with Gasteiger partial charge in [-0.15, -0.1) is 0 Å². The number of hydrogen-bond donors (Lipinski definition) is 1. The molecule has 2 aromatic rings. The Bertz CT molecular complexity index is 1230. The highest BCUT2D eigenvalue weighted by atomic mass is 16.5. The third-order valence-corrected chi connectivity index (χ3v) is 9.72. The predicted octanol–water partition coefficient (Wildman–Crippen LogP) is 5.77. The number of anilines is 1. The summed E-state index contributed by atoms with van der Waals surface area (Å²) >= 11 is 0. The van der Waals surface area contributed by atoms with E-state index in [0.29, 0.717) is 65.6 Å². The number of methoxy groups -OCH3 is 4. The number of carbonyl (C=O) groups excluding carboxylic acids is 2. The summed E-state index contributed by atoms with van der Waals surface area (Å²) in [7, 11) is 6.34. The first kappa shape index (κ1) is 31.0. The fraction of sp³-hybridized carbons (Fsp3) is 0.588. The van der Waals surface area contributed by atoms with Gasteiger partial charge in [0.1, 0.15) is 28.5 Å². The van der Waals surface area contributed by atoms with Gasteiger partial charge in [-0.2, -0.15) is 0 Å². The zero-order valence-electron chi connectivity index (χ0n) is 26.2. The third kappa shape index (κ3) is 6.71. The summed E-state index contributed by atoms with van der Waals surface area (Å²) < 4.78 is 22.0. The first-order valence-electron chi connectivity index (χ1n) is 15.7. The average molecular weight is 594 g/mol. The van der Waals surface area contributed by atoms with E-state index >= 15 is 0 Å². The Hall–Kier alpha value is -3.46. The lowest BCUT2D eigenvalue weighted by atomic mass is 9.76. The van der Waals surface area contributed by atoms with E-state index in [1.165, 1.54) is 12.8 Å². The molecule has 3 aliphatic rings. The van der Waals surface area contributed by atoms with Crippen LogP contribution in [0.1, 0.15) is 74.6 Å². The number of rotatable bonds is 10. The number of ether oxygens (including phenoxy) is 4. The van der Waals surface area contributed by atoms with Crippen LogP contribution < -0.4 is 24.3 Å². The molecule has 9 heteroatoms. The molecule has 1 aliphatic carbocycles. The molecular weight excluding hydrogens is 546 g/mol. The molecule has 2 aromatic carbocycles. The summed E-state index contributed by atoms with van der Waals surface area (Å²) in [6.45, 7) is 2.77. The topological polar surface area (TPSA) is 89.6 Å². The zero-order valence-corrected chi connectivity index (χ0v) is 26.2. The summed E-state index contributed by atoms with van der Waals surface area (Å²) in [6.07, 6.45) is 9.74. The highest BCUT2D eigenvalue weighted by Crippen LogP contribution is 2.40. The standard InChI is InChI=1S/C34H47N3O6/c1-40-27-17-25(18-28(21-27)41-2)32(38)37(23-24-11-10-16-36-15-9-6-12-31(24)36)34(13-7-5-8-14-34)33(39)35-26-19-29(42-3)22-30(20-26)43-4/h17-22,24,31H,5-16,23H2,1-4H3,(H,35,39)/t24?,31-/m1/s1. The number of hydrogen-bond acceptors (Lipinski definition) is 7. The summed E-state index contributed by atoms with van der Waals surface area (Å²) in [4.78, 5) is 33.9. The Morgan fingerprint density at radius 2 is 1.35 bits per heavy atom. The summed E-state index contributed by atoms with van der Waals surface area (Å²) in [5.41, 5.74) is 0.0462. The van der Waals surface area contributed by atoms with E-state index in [2.05, 4.69) is 10.2 Å². The largest absolute Gasteiger partial charge is 0.497 e. The van der Waals surface area contributed by atoms with Crippen molar-refractivity contribution in [1.29, 1.82) is 0 Å². The molecule has 2 atom stereocenters. The number of amides is 2. The molecule has 2 amide bonds. The molecule has 2 aliphatic heterocycles. The average Bonchev–Trinajstić information content (AvgIpc) is 3.06. The fourth-order valence-corrected chi connectivity index (χ4v) is 7.45. The van der Waals surface area contributed by atoms with Gasteiger partial charge in [-0.25, -0.2) is 0 Å². The molecule has 1 saturated carbocycles. The summed E-state index contributed by atoms with van der Waals surface area (Å²) in [5, 5.41) is 3.17. The molecule has 0 bridgehead atoms. The van der Waals surface area contributed by atoms with Gasteiger partial charge < -0.3 is 34.1 Å². The van der Waals surface area contributed by atoms with Gasteiger partial charge in [-0.1, -0.05) is 25.7 Å². The Morgan fingerprint density at radius 1 is 0.767 bits per heavy atom. The first-order chi connectivity index (χ1) is 20.9. The van der Waals surface area contributed by atoms with Gasteiger partial charge >= 0.3 is 0 Å². The number of fused-ring (bicyclic) bond motifs is 1. The van der Waals surface area contributed by atoms with Crippen LogP contribution in [0.15, 0.2) is 36.4 Å². The Balaban J connectivity index is 1.56. The lowest BCUT2D eigenvalue weighted by molar-refractivity contribution is -0.129. The van der Waals surface area contributed by atoms with Gasteiger partial charge in [0.05, 0.1) is 28.4 Å². The second-order valence-electron chi connectivity index (χ2n) is 12.2. The van der Waals surface area contributed by atoms with Crippen molar-refractivity contribution in [3.8, 4) is 23.0 Å². The Labute approximate surface area is 255 Å². The van der Waals surface area contributed by atoms with E-state index in [0.717, 1.165) is 51.6 Å². The maximum absolute atomic E-state index is 14.8. The van der Waals surface area contributed by atoms with Gasteiger partial charge in [-0.3, -0.25) is 9.59 Å². The molecule has 9 nitrogen and oxygen atoms in total. The van der Waals surface area contributed by atoms with Crippen LogP contribution in [0.5, 0.6) is 23.0 Å². The van der Waals surface area contributed by atoms with Gasteiger partial charge in [0, 0.05) is 48.1 Å². The maximum Gasteiger partial charge on any atom is 0.255 e. The van der Waals surface area contributed by atoms with Crippen LogP contribution in [-0.2, 0) is 4.79 Å². The molecule has 0 radical (unpaired) electrons. The van der Waals surface area contributed by atoms with Crippen LogP contribution in [0.25, 0.3) is 0 Å². The van der Waals surface area contributed by atoms with E-state index in [4.69, 9.17) is 18.9 Å². The normalized spacial score (nSPS) is 21.7. The predicted molar refractivity (Wildman–Crippen MR) is 167 cm³/mol. The van der Waals surface area contributed by atoms with Crippen molar-refractivity contribution in [2.45, 2.75) is 75.8 Å². The third-order valence-electron chi connectivity index (χ3n) is 9.72. The second-order valence-corrected chi connectivity index (χ2v) is 12.2. The van der Waals surface area contributed by atoms with Crippen LogP contribution in [0.2, 0.25) is 0 Å². The summed E-state index contributed by atoms with van der Waals surface area (Å²) in [5.74, 6) is 2.24. The Kier molecular flexibility index (Phi) is 10.0. The lowest BCUT2D eigenvalue weighted by Crippen LogP contribution is -2.62. The molecular formula is C34H47N3O6. The minimum Gasteiger partial charge on any atom is -0.497 e. The molecule has 2 heterocycles. The van der Waals surface area contributed by atoms with E-state index in [-0.39, 0.29) is 11.8 Å². The monoisotopic (exact) mass is 593 g/mol. The van der Waals surface area contributed by atoms with Crippen molar-refractivity contribution in [2.75, 3.05) is 53.4 Å². The van der Waals surface area contributed by atoms with Crippen LogP contribution in [0.4, 0.5) is 5.69 Å². The van der Waals surface area contributed by atoms with Gasteiger partial charge in [0.15, 0.2) is 0 Å². The van der Waals surface area contributed by atoms with Gasteiger partial charge in [0.2, 0.25) is 5.91 Å². The quantitative estimate of drug-likeness (QED) is 0.374. The number of benzene rings is 2. The van der Waals surface area contributed by atoms with E-state index < -0.39 is 5.54 Å². The van der Waals surface area contributed by atoms with Crippen LogP contribution in [-0.4, -0.2) is 81.3 Å². The highest BCUT2D eigenvalue weighted by molar-refractivity contribution is 6.04. The van der Waals surface area contributed by atoms with Gasteiger partial charge in [0.25, 0.3) is 5.91 Å². The summed E-state index contributed by atoms with van der Waals surface area (Å²) in [6, 6.07) is 11.1. The first-order valence-corrected chi connectivity index (χ1v) is 15.7. The minimum absolute atomic E-state index is 0.162. The van der Waals surface area contributed by atoms with Crippen molar-refractivity contribution in [3.05, 3.63) is 42.0 Å². The maximum atomic E-state index is 14.8. The SMILES string of the molecule is COc1cc(NC(=O)C2(N(CC3CCCN4CCCC[C@H]34)C(=O)c3cc(OC)cc(OC)c3)CCCCC2)cc(OC)c1. The molecule has 1 unspecified atom stereocenters. The molecule has 43 heavy (non-hydrogen) atoms. The molecule has 2 saturated heterocycles. The zero-order chi connectivity index (χ0) is 30.4. The molecule has 0 spiro atoms. The number of nitrogens with one attached hydrogen (secondary N) is 1. The molecule has 5 rings (SSSR count). The fourth-order valence-electron chi connectivity index (χ4n) is 7.45. The lowest BCUT2D eigenvalue weighted by Gasteiger charge is -2.50. The smallest absolute Gasteiger partial charge is 0.255 e. The van der Waals surface area contributed by atoms with Crippen molar-refractivity contribution in [2.24, 2.45) is 5.92 Å². The van der Waals surface area contributed by atoms with Crippen LogP contribution >= 0.6 is 0 Å². The van der Waals surface area contributed by atoms with E-state index in [9.17, 15) is 9.59 Å². The van der Waals surface area contributed by atoms with Crippen molar-refractivity contribution < 1.29 is 28.5 Å². The number of carbonyl (C=O) groups is 2. The van der Waals surface area contributed by atoms with Crippen molar-refractivity contribution >= 4 is 17.5 Å². The minimum atomic E-state index is -1.00. The number of nitrogens with zero attached hydrogens (tertiary/aromatic N) is 2. The van der Waals surface area contributed by atoms with Crippen LogP contribution in [0, 0.1) is 5.92 Å². The van der Waals surface area contributed by atoms with Gasteiger partial charge in [-0.05, 0) is 69.7 Å². The highest BCUT2D eigenvalue weighted by Gasteiger charge is 2.49. The Morgan fingerprint density at radius 3 is 1.95 bits per heavy atom. The van der Waals surface area contributed by atoms with E-state index in [1.54, 1.807) is 64.8 Å².